The molecule has 29 heavy (non-hydrogen) atoms. The Morgan fingerprint density at radius 1 is 1.10 bits per heavy atom. The van der Waals surface area contributed by atoms with Crippen LogP contribution in [0.25, 0.3) is 10.6 Å². The molecule has 2 aromatic rings. The van der Waals surface area contributed by atoms with Crippen LogP contribution in [0.3, 0.4) is 0 Å². The lowest BCUT2D eigenvalue weighted by Gasteiger charge is -2.34. The van der Waals surface area contributed by atoms with Crippen molar-refractivity contribution >= 4 is 23.3 Å². The Morgan fingerprint density at radius 3 is 2.31 bits per heavy atom. The summed E-state index contributed by atoms with van der Waals surface area (Å²) in [5.74, 6) is -0.0789. The van der Waals surface area contributed by atoms with Gasteiger partial charge in [0.25, 0.3) is 0 Å². The topological polar surface area (TPSA) is 65.5 Å². The van der Waals surface area contributed by atoms with E-state index >= 15 is 0 Å². The molecule has 10 heteroatoms. The number of amides is 3. The van der Waals surface area contributed by atoms with Crippen molar-refractivity contribution in [3.63, 3.8) is 0 Å². The molecule has 0 atom stereocenters. The van der Waals surface area contributed by atoms with Gasteiger partial charge < -0.3 is 15.1 Å². The zero-order valence-electron chi connectivity index (χ0n) is 15.8. The Hall–Kier alpha value is -2.62. The van der Waals surface area contributed by atoms with Crippen molar-refractivity contribution in [3.05, 3.63) is 40.9 Å². The highest BCUT2D eigenvalue weighted by Crippen LogP contribution is 2.31. The quantitative estimate of drug-likeness (QED) is 0.816. The first-order chi connectivity index (χ1) is 13.8. The predicted octanol–water partition coefficient (Wildman–Crippen LogP) is 3.25. The number of carbonyl (C=O) groups is 2. The SMILES string of the molecule is CCNC(=O)N1CCN(C(=O)Cc2csc(-c3ccc(C(F)(F)F)cc3)n2)CC1. The minimum atomic E-state index is -4.37. The molecule has 0 bridgehead atoms. The molecular formula is C19H21F3N4O2S. The number of carbonyl (C=O) groups excluding carboxylic acids is 2. The number of urea groups is 1. The summed E-state index contributed by atoms with van der Waals surface area (Å²) >= 11 is 1.29. The number of rotatable bonds is 4. The molecule has 1 aromatic heterocycles. The fraction of sp³-hybridized carbons (Fsp3) is 0.421. The highest BCUT2D eigenvalue weighted by atomic mass is 32.1. The average molecular weight is 426 g/mol. The van der Waals surface area contributed by atoms with E-state index in [4.69, 9.17) is 0 Å². The normalized spacial score (nSPS) is 14.8. The summed E-state index contributed by atoms with van der Waals surface area (Å²) in [6.07, 6.45) is -4.25. The number of aromatic nitrogens is 1. The molecule has 1 aromatic carbocycles. The van der Waals surface area contributed by atoms with Gasteiger partial charge in [-0.25, -0.2) is 9.78 Å². The van der Waals surface area contributed by atoms with E-state index in [1.807, 2.05) is 6.92 Å². The fourth-order valence-electron chi connectivity index (χ4n) is 3.01. The molecule has 3 rings (SSSR count). The van der Waals surface area contributed by atoms with Crippen molar-refractivity contribution in [3.8, 4) is 10.6 Å². The molecular weight excluding hydrogens is 405 g/mol. The van der Waals surface area contributed by atoms with Gasteiger partial charge in [-0.2, -0.15) is 13.2 Å². The van der Waals surface area contributed by atoms with Crippen LogP contribution in [0.2, 0.25) is 0 Å². The third-order valence-electron chi connectivity index (χ3n) is 4.59. The maximum Gasteiger partial charge on any atom is 0.416 e. The zero-order valence-corrected chi connectivity index (χ0v) is 16.6. The Morgan fingerprint density at radius 2 is 1.72 bits per heavy atom. The minimum absolute atomic E-state index is 0.0789. The summed E-state index contributed by atoms with van der Waals surface area (Å²) in [5.41, 5.74) is 0.457. The number of halogens is 3. The van der Waals surface area contributed by atoms with Crippen LogP contribution in [0.4, 0.5) is 18.0 Å². The number of piperazine rings is 1. The van der Waals surface area contributed by atoms with Crippen molar-refractivity contribution < 1.29 is 22.8 Å². The molecule has 1 aliphatic rings. The molecule has 0 spiro atoms. The van der Waals surface area contributed by atoms with E-state index in [-0.39, 0.29) is 18.4 Å². The monoisotopic (exact) mass is 426 g/mol. The smallest absolute Gasteiger partial charge is 0.339 e. The maximum absolute atomic E-state index is 12.7. The number of hydrogen-bond acceptors (Lipinski definition) is 4. The molecule has 0 saturated carbocycles. The Labute approximate surface area is 170 Å². The van der Waals surface area contributed by atoms with Gasteiger partial charge >= 0.3 is 12.2 Å². The number of nitrogens with zero attached hydrogens (tertiary/aromatic N) is 3. The third-order valence-corrected chi connectivity index (χ3v) is 5.53. The maximum atomic E-state index is 12.7. The second kappa shape index (κ2) is 8.81. The summed E-state index contributed by atoms with van der Waals surface area (Å²) in [5, 5.41) is 5.06. The summed E-state index contributed by atoms with van der Waals surface area (Å²) in [7, 11) is 0. The summed E-state index contributed by atoms with van der Waals surface area (Å²) in [6.45, 7) is 4.29. The number of nitrogens with one attached hydrogen (secondary N) is 1. The largest absolute Gasteiger partial charge is 0.416 e. The van der Waals surface area contributed by atoms with Crippen LogP contribution >= 0.6 is 11.3 Å². The van der Waals surface area contributed by atoms with Gasteiger partial charge in [-0.05, 0) is 19.1 Å². The molecule has 6 nitrogen and oxygen atoms in total. The Kier molecular flexibility index (Phi) is 6.41. The summed E-state index contributed by atoms with van der Waals surface area (Å²) < 4.78 is 38.0. The Balaban J connectivity index is 1.56. The van der Waals surface area contributed by atoms with E-state index in [1.54, 1.807) is 15.2 Å². The van der Waals surface area contributed by atoms with Gasteiger partial charge in [0.2, 0.25) is 5.91 Å². The molecule has 0 radical (unpaired) electrons. The van der Waals surface area contributed by atoms with E-state index in [1.165, 1.54) is 23.5 Å². The average Bonchev–Trinajstić information content (AvgIpc) is 3.16. The van der Waals surface area contributed by atoms with E-state index in [2.05, 4.69) is 10.3 Å². The van der Waals surface area contributed by atoms with Gasteiger partial charge in [0, 0.05) is 43.7 Å². The molecule has 156 valence electrons. The van der Waals surface area contributed by atoms with Gasteiger partial charge in [0.15, 0.2) is 0 Å². The molecule has 0 unspecified atom stereocenters. The van der Waals surface area contributed by atoms with Crippen molar-refractivity contribution in [1.29, 1.82) is 0 Å². The van der Waals surface area contributed by atoms with Crippen LogP contribution in [0.1, 0.15) is 18.2 Å². The first kappa shape index (κ1) is 21.1. The number of benzene rings is 1. The second-order valence-corrected chi connectivity index (χ2v) is 7.46. The number of alkyl halides is 3. The lowest BCUT2D eigenvalue weighted by molar-refractivity contribution is -0.137. The number of hydrogen-bond donors (Lipinski definition) is 1. The highest BCUT2D eigenvalue weighted by Gasteiger charge is 2.30. The van der Waals surface area contributed by atoms with E-state index in [0.717, 1.165) is 12.1 Å². The molecule has 3 amide bonds. The van der Waals surface area contributed by atoms with Gasteiger partial charge in [0.05, 0.1) is 17.7 Å². The van der Waals surface area contributed by atoms with Crippen molar-refractivity contribution in [2.24, 2.45) is 0 Å². The molecule has 1 fully saturated rings. The van der Waals surface area contributed by atoms with Gasteiger partial charge in [0.1, 0.15) is 5.01 Å². The van der Waals surface area contributed by atoms with Crippen LogP contribution in [0, 0.1) is 0 Å². The third kappa shape index (κ3) is 5.26. The van der Waals surface area contributed by atoms with Crippen LogP contribution in [0.15, 0.2) is 29.6 Å². The zero-order chi connectivity index (χ0) is 21.0. The van der Waals surface area contributed by atoms with Crippen molar-refractivity contribution in [2.45, 2.75) is 19.5 Å². The van der Waals surface area contributed by atoms with Crippen molar-refractivity contribution in [1.82, 2.24) is 20.1 Å². The van der Waals surface area contributed by atoms with Crippen LogP contribution in [-0.4, -0.2) is 59.4 Å². The standard InChI is InChI=1S/C19H21F3N4O2S/c1-2-23-18(28)26-9-7-25(8-10-26)16(27)11-15-12-29-17(24-15)13-3-5-14(6-4-13)19(20,21)22/h3-6,12H,2,7-11H2,1H3,(H,23,28). The fourth-order valence-corrected chi connectivity index (χ4v) is 3.84. The first-order valence-corrected chi connectivity index (χ1v) is 10.1. The molecule has 0 aliphatic carbocycles. The molecule has 2 heterocycles. The van der Waals surface area contributed by atoms with E-state index in [0.29, 0.717) is 49.0 Å². The highest BCUT2D eigenvalue weighted by molar-refractivity contribution is 7.13. The summed E-state index contributed by atoms with van der Waals surface area (Å²) in [4.78, 5) is 32.1. The lowest BCUT2D eigenvalue weighted by atomic mass is 10.1. The van der Waals surface area contributed by atoms with Gasteiger partial charge in [-0.1, -0.05) is 12.1 Å². The first-order valence-electron chi connectivity index (χ1n) is 9.20. The molecule has 1 aliphatic heterocycles. The van der Waals surface area contributed by atoms with E-state index in [9.17, 15) is 22.8 Å². The van der Waals surface area contributed by atoms with Crippen LogP contribution < -0.4 is 5.32 Å². The van der Waals surface area contributed by atoms with E-state index < -0.39 is 11.7 Å². The molecule has 1 N–H and O–H groups in total. The second-order valence-electron chi connectivity index (χ2n) is 6.60. The number of thiazole rings is 1. The molecule has 1 saturated heterocycles. The van der Waals surface area contributed by atoms with Gasteiger partial charge in [-0.15, -0.1) is 11.3 Å². The van der Waals surface area contributed by atoms with Crippen LogP contribution in [0.5, 0.6) is 0 Å². The summed E-state index contributed by atoms with van der Waals surface area (Å²) in [6, 6.07) is 4.69. The van der Waals surface area contributed by atoms with Crippen LogP contribution in [-0.2, 0) is 17.4 Å². The minimum Gasteiger partial charge on any atom is -0.339 e. The Bertz CT molecular complexity index is 859. The van der Waals surface area contributed by atoms with Crippen molar-refractivity contribution in [2.75, 3.05) is 32.7 Å². The lowest BCUT2D eigenvalue weighted by Crippen LogP contribution is -2.53. The predicted molar refractivity (Wildman–Crippen MR) is 103 cm³/mol. The van der Waals surface area contributed by atoms with Gasteiger partial charge in [-0.3, -0.25) is 4.79 Å².